The van der Waals surface area contributed by atoms with E-state index in [0.29, 0.717) is 29.0 Å². The highest BCUT2D eigenvalue weighted by Crippen LogP contribution is 2.41. The zero-order valence-corrected chi connectivity index (χ0v) is 21.6. The van der Waals surface area contributed by atoms with Gasteiger partial charge in [0, 0.05) is 24.1 Å². The van der Waals surface area contributed by atoms with Crippen LogP contribution in [0.4, 0.5) is 5.82 Å². The second-order valence-corrected chi connectivity index (χ2v) is 9.12. The first-order chi connectivity index (χ1) is 17.2. The molecule has 9 nitrogen and oxygen atoms in total. The van der Waals surface area contributed by atoms with Crippen LogP contribution < -0.4 is 24.8 Å². The Morgan fingerprint density at radius 2 is 1.67 bits per heavy atom. The van der Waals surface area contributed by atoms with Crippen molar-refractivity contribution in [1.29, 1.82) is 0 Å². The molecule has 0 aliphatic carbocycles. The average molecular weight is 493 g/mol. The summed E-state index contributed by atoms with van der Waals surface area (Å²) >= 11 is 0. The van der Waals surface area contributed by atoms with Crippen molar-refractivity contribution < 1.29 is 23.8 Å². The van der Waals surface area contributed by atoms with Gasteiger partial charge in [-0.15, -0.1) is 0 Å². The molecule has 9 heteroatoms. The monoisotopic (exact) mass is 492 g/mol. The molecule has 190 valence electrons. The summed E-state index contributed by atoms with van der Waals surface area (Å²) in [5, 5.41) is 10.4. The van der Waals surface area contributed by atoms with Crippen LogP contribution in [0, 0.1) is 6.92 Å². The van der Waals surface area contributed by atoms with Crippen molar-refractivity contribution in [3.63, 3.8) is 0 Å². The molecule has 4 rings (SSSR count). The summed E-state index contributed by atoms with van der Waals surface area (Å²) in [5.74, 6) is 0.907. The summed E-state index contributed by atoms with van der Waals surface area (Å²) < 4.78 is 17.8. The maximum absolute atomic E-state index is 13.5. The second kappa shape index (κ2) is 9.93. The Morgan fingerprint density at radius 3 is 2.19 bits per heavy atom. The standard InChI is InChI=1S/C27H32N4O5/c1-14(2)16-8-10-17(11-9-16)22-21-15(3)30-31(4)25(21)29-27(33)23(22)28-26(32)18-12-19(34-5)24(36-7)20(13-18)35-6/h8-14,22-23H,1-7H3,(H,28,32)(H,29,33)/t22-,23+/m1/s1. The number of amides is 2. The fraction of sp³-hybridized carbons (Fsp3) is 0.370. The van der Waals surface area contributed by atoms with E-state index >= 15 is 0 Å². The highest BCUT2D eigenvalue weighted by molar-refractivity contribution is 6.04. The van der Waals surface area contributed by atoms with Gasteiger partial charge in [-0.1, -0.05) is 38.1 Å². The largest absolute Gasteiger partial charge is 0.493 e. The van der Waals surface area contributed by atoms with Crippen LogP contribution in [0.3, 0.4) is 0 Å². The van der Waals surface area contributed by atoms with Crippen LogP contribution in [-0.2, 0) is 11.8 Å². The van der Waals surface area contributed by atoms with E-state index in [1.807, 2.05) is 19.1 Å². The lowest BCUT2D eigenvalue weighted by atomic mass is 9.81. The summed E-state index contributed by atoms with van der Waals surface area (Å²) in [6.07, 6.45) is 0. The van der Waals surface area contributed by atoms with Gasteiger partial charge in [0.25, 0.3) is 5.91 Å². The van der Waals surface area contributed by atoms with Crippen LogP contribution >= 0.6 is 0 Å². The maximum Gasteiger partial charge on any atom is 0.252 e. The predicted molar refractivity (Wildman–Crippen MR) is 136 cm³/mol. The summed E-state index contributed by atoms with van der Waals surface area (Å²) in [4.78, 5) is 26.8. The third-order valence-electron chi connectivity index (χ3n) is 6.61. The lowest BCUT2D eigenvalue weighted by molar-refractivity contribution is -0.118. The Labute approximate surface area is 210 Å². The number of carbonyl (C=O) groups excluding carboxylic acids is 2. The molecular formula is C27H32N4O5. The SMILES string of the molecule is COc1cc(C(=O)N[C@@H]2C(=O)Nc3c(c(C)nn3C)[C@H]2c2ccc(C(C)C)cc2)cc(OC)c1OC. The van der Waals surface area contributed by atoms with Gasteiger partial charge in [0.2, 0.25) is 11.7 Å². The molecule has 1 aliphatic heterocycles. The molecule has 0 unspecified atom stereocenters. The topological polar surface area (TPSA) is 104 Å². The number of benzene rings is 2. The normalized spacial score (nSPS) is 16.8. The zero-order chi connectivity index (χ0) is 26.1. The van der Waals surface area contributed by atoms with E-state index in [1.165, 1.54) is 26.9 Å². The number of aromatic nitrogens is 2. The number of ether oxygens (including phenoxy) is 3. The van der Waals surface area contributed by atoms with Crippen LogP contribution in [0.2, 0.25) is 0 Å². The van der Waals surface area contributed by atoms with E-state index in [0.717, 1.165) is 16.8 Å². The van der Waals surface area contributed by atoms with Crippen LogP contribution in [0.15, 0.2) is 36.4 Å². The number of hydrogen-bond acceptors (Lipinski definition) is 6. The van der Waals surface area contributed by atoms with Crippen LogP contribution in [0.1, 0.15) is 58.4 Å². The first kappa shape index (κ1) is 25.1. The molecule has 0 saturated carbocycles. The van der Waals surface area contributed by atoms with Gasteiger partial charge in [0.05, 0.1) is 27.0 Å². The molecule has 2 amide bonds. The number of rotatable bonds is 7. The van der Waals surface area contributed by atoms with Gasteiger partial charge >= 0.3 is 0 Å². The molecule has 2 aromatic carbocycles. The van der Waals surface area contributed by atoms with Gasteiger partial charge in [0.15, 0.2) is 11.5 Å². The van der Waals surface area contributed by atoms with E-state index in [1.54, 1.807) is 23.9 Å². The minimum absolute atomic E-state index is 0.278. The van der Waals surface area contributed by atoms with Crippen molar-refractivity contribution in [1.82, 2.24) is 15.1 Å². The molecule has 3 aromatic rings. The molecule has 0 bridgehead atoms. The highest BCUT2D eigenvalue weighted by atomic mass is 16.5. The Kier molecular flexibility index (Phi) is 6.92. The third kappa shape index (κ3) is 4.36. The Balaban J connectivity index is 1.77. The maximum atomic E-state index is 13.5. The number of nitrogens with one attached hydrogen (secondary N) is 2. The fourth-order valence-electron chi connectivity index (χ4n) is 4.74. The van der Waals surface area contributed by atoms with Gasteiger partial charge < -0.3 is 24.8 Å². The average Bonchev–Trinajstić information content (AvgIpc) is 3.15. The van der Waals surface area contributed by atoms with E-state index in [4.69, 9.17) is 14.2 Å². The third-order valence-corrected chi connectivity index (χ3v) is 6.61. The molecular weight excluding hydrogens is 460 g/mol. The molecule has 0 fully saturated rings. The quantitative estimate of drug-likeness (QED) is 0.521. The molecule has 0 spiro atoms. The van der Waals surface area contributed by atoms with Crippen molar-refractivity contribution in [2.24, 2.45) is 7.05 Å². The number of hydrogen-bond donors (Lipinski definition) is 2. The van der Waals surface area contributed by atoms with Crippen LogP contribution in [-0.4, -0.2) is 49.0 Å². The second-order valence-electron chi connectivity index (χ2n) is 9.12. The summed E-state index contributed by atoms with van der Waals surface area (Å²) in [5.41, 5.74) is 4.06. The van der Waals surface area contributed by atoms with E-state index in [2.05, 4.69) is 41.7 Å². The molecule has 2 atom stereocenters. The van der Waals surface area contributed by atoms with E-state index in [9.17, 15) is 9.59 Å². The molecule has 2 N–H and O–H groups in total. The van der Waals surface area contributed by atoms with Crippen molar-refractivity contribution in [3.05, 3.63) is 64.3 Å². The number of aryl methyl sites for hydroxylation is 2. The molecule has 36 heavy (non-hydrogen) atoms. The van der Waals surface area contributed by atoms with Gasteiger partial charge in [-0.3, -0.25) is 14.3 Å². The Bertz CT molecular complexity index is 1270. The Hall–Kier alpha value is -4.01. The predicted octanol–water partition coefficient (Wildman–Crippen LogP) is 3.76. The first-order valence-corrected chi connectivity index (χ1v) is 11.7. The number of carbonyl (C=O) groups is 2. The zero-order valence-electron chi connectivity index (χ0n) is 21.6. The number of methoxy groups -OCH3 is 3. The smallest absolute Gasteiger partial charge is 0.252 e. The van der Waals surface area contributed by atoms with Gasteiger partial charge in [0.1, 0.15) is 11.9 Å². The van der Waals surface area contributed by atoms with Crippen molar-refractivity contribution in [2.75, 3.05) is 26.6 Å². The highest BCUT2D eigenvalue weighted by Gasteiger charge is 2.41. The van der Waals surface area contributed by atoms with Crippen LogP contribution in [0.25, 0.3) is 0 Å². The molecule has 0 radical (unpaired) electrons. The summed E-state index contributed by atoms with van der Waals surface area (Å²) in [7, 11) is 6.25. The van der Waals surface area contributed by atoms with E-state index in [-0.39, 0.29) is 11.5 Å². The minimum atomic E-state index is -0.864. The molecule has 2 heterocycles. The Morgan fingerprint density at radius 1 is 1.06 bits per heavy atom. The molecule has 0 saturated heterocycles. The summed E-state index contributed by atoms with van der Waals surface area (Å²) in [6.45, 7) is 6.17. The van der Waals surface area contributed by atoms with Gasteiger partial charge in [-0.2, -0.15) is 5.10 Å². The minimum Gasteiger partial charge on any atom is -0.493 e. The number of nitrogens with zero attached hydrogens (tertiary/aromatic N) is 2. The lowest BCUT2D eigenvalue weighted by Gasteiger charge is -2.33. The molecule has 1 aromatic heterocycles. The van der Waals surface area contributed by atoms with Crippen molar-refractivity contribution in [2.45, 2.75) is 38.6 Å². The first-order valence-electron chi connectivity index (χ1n) is 11.7. The van der Waals surface area contributed by atoms with Gasteiger partial charge in [-0.25, -0.2) is 0 Å². The van der Waals surface area contributed by atoms with Gasteiger partial charge in [-0.05, 0) is 36.1 Å². The van der Waals surface area contributed by atoms with Crippen molar-refractivity contribution >= 4 is 17.6 Å². The van der Waals surface area contributed by atoms with Crippen molar-refractivity contribution in [3.8, 4) is 17.2 Å². The van der Waals surface area contributed by atoms with Crippen LogP contribution in [0.5, 0.6) is 17.2 Å². The lowest BCUT2D eigenvalue weighted by Crippen LogP contribution is -2.50. The summed E-state index contributed by atoms with van der Waals surface area (Å²) in [6, 6.07) is 10.4. The number of anilines is 1. The fourth-order valence-corrected chi connectivity index (χ4v) is 4.74. The number of fused-ring (bicyclic) bond motifs is 1. The molecule has 1 aliphatic rings. The van der Waals surface area contributed by atoms with E-state index < -0.39 is 17.9 Å².